The monoisotopic (exact) mass is 251 g/mol. The molecule has 0 fully saturated rings. The predicted molar refractivity (Wildman–Crippen MR) is 57.3 cm³/mol. The van der Waals surface area contributed by atoms with Crippen molar-refractivity contribution in [3.8, 4) is 11.1 Å². The highest BCUT2D eigenvalue weighted by molar-refractivity contribution is 9.10. The fourth-order valence-electron chi connectivity index (χ4n) is 1.22. The van der Waals surface area contributed by atoms with Gasteiger partial charge in [-0.05, 0) is 51.3 Å². The van der Waals surface area contributed by atoms with E-state index in [-0.39, 0.29) is 5.82 Å². The third kappa shape index (κ3) is 1.99. The minimum absolute atomic E-state index is 0.220. The fourth-order valence-corrected chi connectivity index (χ4v) is 1.59. The molecule has 3 heteroatoms. The molecule has 1 heterocycles. The third-order valence-electron chi connectivity index (χ3n) is 1.90. The molecule has 0 atom stereocenters. The first-order valence-corrected chi connectivity index (χ1v) is 4.92. The number of rotatable bonds is 1. The van der Waals surface area contributed by atoms with Gasteiger partial charge in [0.25, 0.3) is 0 Å². The highest BCUT2D eigenvalue weighted by Gasteiger charge is 1.98. The number of hydrogen-bond acceptors (Lipinski definition) is 1. The molecule has 70 valence electrons. The summed E-state index contributed by atoms with van der Waals surface area (Å²) in [5.74, 6) is -0.220. The highest BCUT2D eigenvalue weighted by atomic mass is 79.9. The van der Waals surface area contributed by atoms with Crippen LogP contribution in [-0.4, -0.2) is 4.98 Å². The predicted octanol–water partition coefficient (Wildman–Crippen LogP) is 3.65. The number of aromatic nitrogens is 1. The highest BCUT2D eigenvalue weighted by Crippen LogP contribution is 2.21. The van der Waals surface area contributed by atoms with Crippen LogP contribution in [0.3, 0.4) is 0 Å². The third-order valence-corrected chi connectivity index (χ3v) is 2.34. The minimum atomic E-state index is -0.220. The van der Waals surface area contributed by atoms with E-state index in [9.17, 15) is 4.39 Å². The van der Waals surface area contributed by atoms with Crippen LogP contribution in [0.1, 0.15) is 0 Å². The van der Waals surface area contributed by atoms with E-state index in [4.69, 9.17) is 0 Å². The van der Waals surface area contributed by atoms with Crippen LogP contribution in [0.2, 0.25) is 0 Å². The second-order valence-electron chi connectivity index (χ2n) is 2.87. The van der Waals surface area contributed by atoms with Crippen molar-refractivity contribution >= 4 is 15.9 Å². The standard InChI is InChI=1S/C11H7BrFN/c12-11-7-9(5-6-14-11)8-1-3-10(13)4-2-8/h1-7H. The van der Waals surface area contributed by atoms with E-state index in [0.29, 0.717) is 0 Å². The van der Waals surface area contributed by atoms with Gasteiger partial charge in [-0.3, -0.25) is 0 Å². The first-order chi connectivity index (χ1) is 6.75. The van der Waals surface area contributed by atoms with Crippen LogP contribution >= 0.6 is 15.9 Å². The first kappa shape index (κ1) is 9.34. The van der Waals surface area contributed by atoms with E-state index in [0.717, 1.165) is 15.7 Å². The molecule has 0 unspecified atom stereocenters. The number of pyridine rings is 1. The average Bonchev–Trinajstić information content (AvgIpc) is 2.19. The molecule has 0 N–H and O–H groups in total. The normalized spacial score (nSPS) is 10.1. The molecule has 0 amide bonds. The smallest absolute Gasteiger partial charge is 0.123 e. The van der Waals surface area contributed by atoms with Crippen LogP contribution in [0.5, 0.6) is 0 Å². The van der Waals surface area contributed by atoms with Gasteiger partial charge in [-0.15, -0.1) is 0 Å². The Labute approximate surface area is 89.7 Å². The lowest BCUT2D eigenvalue weighted by Crippen LogP contribution is -1.80. The second-order valence-corrected chi connectivity index (χ2v) is 3.69. The number of nitrogens with zero attached hydrogens (tertiary/aromatic N) is 1. The molecule has 0 saturated carbocycles. The summed E-state index contributed by atoms with van der Waals surface area (Å²) in [6.45, 7) is 0. The topological polar surface area (TPSA) is 12.9 Å². The molecule has 0 radical (unpaired) electrons. The summed E-state index contributed by atoms with van der Waals surface area (Å²) >= 11 is 3.29. The Morgan fingerprint density at radius 2 is 1.71 bits per heavy atom. The molecule has 14 heavy (non-hydrogen) atoms. The molecule has 2 aromatic rings. The van der Waals surface area contributed by atoms with E-state index in [2.05, 4.69) is 20.9 Å². The molecular formula is C11H7BrFN. The van der Waals surface area contributed by atoms with Gasteiger partial charge in [0.05, 0.1) is 0 Å². The minimum Gasteiger partial charge on any atom is -0.249 e. The van der Waals surface area contributed by atoms with Crippen LogP contribution in [0.4, 0.5) is 4.39 Å². The van der Waals surface area contributed by atoms with Gasteiger partial charge in [0.2, 0.25) is 0 Å². The van der Waals surface area contributed by atoms with Crippen LogP contribution < -0.4 is 0 Å². The molecule has 2 rings (SSSR count). The van der Waals surface area contributed by atoms with Crippen molar-refractivity contribution in [3.63, 3.8) is 0 Å². The fraction of sp³-hybridized carbons (Fsp3) is 0. The number of benzene rings is 1. The molecule has 0 bridgehead atoms. The Bertz CT molecular complexity index is 439. The molecule has 1 aromatic carbocycles. The zero-order valence-corrected chi connectivity index (χ0v) is 8.83. The van der Waals surface area contributed by atoms with Gasteiger partial charge >= 0.3 is 0 Å². The lowest BCUT2D eigenvalue weighted by molar-refractivity contribution is 0.628. The van der Waals surface area contributed by atoms with E-state index in [1.807, 2.05) is 12.1 Å². The molecule has 0 aliphatic rings. The molecule has 0 aliphatic carbocycles. The van der Waals surface area contributed by atoms with Gasteiger partial charge < -0.3 is 0 Å². The SMILES string of the molecule is Fc1ccc(-c2ccnc(Br)c2)cc1. The Balaban J connectivity index is 2.44. The quantitative estimate of drug-likeness (QED) is 0.706. The summed E-state index contributed by atoms with van der Waals surface area (Å²) in [6, 6.07) is 10.2. The van der Waals surface area contributed by atoms with E-state index in [1.165, 1.54) is 12.1 Å². The van der Waals surface area contributed by atoms with Crippen molar-refractivity contribution in [2.75, 3.05) is 0 Å². The Hall–Kier alpha value is -1.22. The summed E-state index contributed by atoms with van der Waals surface area (Å²) in [7, 11) is 0. The van der Waals surface area contributed by atoms with Gasteiger partial charge in [-0.2, -0.15) is 0 Å². The van der Waals surface area contributed by atoms with Crippen LogP contribution in [0.25, 0.3) is 11.1 Å². The van der Waals surface area contributed by atoms with Gasteiger partial charge in [0.1, 0.15) is 10.4 Å². The van der Waals surface area contributed by atoms with Crippen molar-refractivity contribution in [2.24, 2.45) is 0 Å². The van der Waals surface area contributed by atoms with E-state index >= 15 is 0 Å². The molecule has 0 spiro atoms. The zero-order chi connectivity index (χ0) is 9.97. The van der Waals surface area contributed by atoms with E-state index < -0.39 is 0 Å². The van der Waals surface area contributed by atoms with Crippen LogP contribution in [-0.2, 0) is 0 Å². The first-order valence-electron chi connectivity index (χ1n) is 4.13. The Morgan fingerprint density at radius 3 is 2.36 bits per heavy atom. The summed E-state index contributed by atoms with van der Waals surface area (Å²) < 4.78 is 13.4. The van der Waals surface area contributed by atoms with Crippen molar-refractivity contribution in [2.45, 2.75) is 0 Å². The summed E-state index contributed by atoms with van der Waals surface area (Å²) in [5.41, 5.74) is 2.00. The van der Waals surface area contributed by atoms with Crippen molar-refractivity contribution < 1.29 is 4.39 Å². The maximum absolute atomic E-state index is 12.7. The average molecular weight is 252 g/mol. The summed E-state index contributed by atoms with van der Waals surface area (Å²) in [4.78, 5) is 4.03. The van der Waals surface area contributed by atoms with Gasteiger partial charge in [-0.25, -0.2) is 9.37 Å². The zero-order valence-electron chi connectivity index (χ0n) is 7.24. The van der Waals surface area contributed by atoms with Crippen molar-refractivity contribution in [1.82, 2.24) is 4.98 Å². The molecule has 1 nitrogen and oxygen atoms in total. The van der Waals surface area contributed by atoms with Gasteiger partial charge in [0.15, 0.2) is 0 Å². The van der Waals surface area contributed by atoms with Gasteiger partial charge in [-0.1, -0.05) is 12.1 Å². The van der Waals surface area contributed by atoms with Crippen molar-refractivity contribution in [1.29, 1.82) is 0 Å². The maximum Gasteiger partial charge on any atom is 0.123 e. The van der Waals surface area contributed by atoms with Crippen LogP contribution in [0, 0.1) is 5.82 Å². The Kier molecular flexibility index (Phi) is 2.59. The molecule has 0 aliphatic heterocycles. The lowest BCUT2D eigenvalue weighted by atomic mass is 10.1. The van der Waals surface area contributed by atoms with Gasteiger partial charge in [0, 0.05) is 6.20 Å². The molecular weight excluding hydrogens is 245 g/mol. The number of halogens is 2. The summed E-state index contributed by atoms with van der Waals surface area (Å²) in [5, 5.41) is 0. The van der Waals surface area contributed by atoms with Crippen LogP contribution in [0.15, 0.2) is 47.2 Å². The van der Waals surface area contributed by atoms with E-state index in [1.54, 1.807) is 18.3 Å². The maximum atomic E-state index is 12.7. The van der Waals surface area contributed by atoms with Crippen molar-refractivity contribution in [3.05, 3.63) is 53.0 Å². The lowest BCUT2D eigenvalue weighted by Gasteiger charge is -2.00. The summed E-state index contributed by atoms with van der Waals surface area (Å²) in [6.07, 6.45) is 1.71. The largest absolute Gasteiger partial charge is 0.249 e. The molecule has 0 saturated heterocycles. The molecule has 1 aromatic heterocycles. The number of hydrogen-bond donors (Lipinski definition) is 0. The second kappa shape index (κ2) is 3.88. The Morgan fingerprint density at radius 1 is 1.00 bits per heavy atom.